The van der Waals surface area contributed by atoms with E-state index in [4.69, 9.17) is 0 Å². The zero-order valence-electron chi connectivity index (χ0n) is 11.7. The average Bonchev–Trinajstić information content (AvgIpc) is 3.14. The summed E-state index contributed by atoms with van der Waals surface area (Å²) < 4.78 is 15.6. The Morgan fingerprint density at radius 2 is 1.95 bits per heavy atom. The smallest absolute Gasteiger partial charge is 0.172 e. The van der Waals surface area contributed by atoms with Crippen LogP contribution in [0.1, 0.15) is 23.3 Å². The van der Waals surface area contributed by atoms with E-state index in [2.05, 4.69) is 15.2 Å². The molecule has 5 nitrogen and oxygen atoms in total. The average molecular weight is 288 g/mol. The Balaban J connectivity index is 1.89. The van der Waals surface area contributed by atoms with Crippen LogP contribution in [-0.2, 0) is 6.54 Å². The molecule has 0 spiro atoms. The minimum absolute atomic E-state index is 0.182. The van der Waals surface area contributed by atoms with Gasteiger partial charge in [-0.25, -0.2) is 9.07 Å². The Labute approximate surface area is 122 Å². The zero-order chi connectivity index (χ0) is 14.7. The Hall–Kier alpha value is -2.08. The molecule has 1 aromatic heterocycles. The molecular formula is C15H17FN4O. The van der Waals surface area contributed by atoms with Crippen molar-refractivity contribution < 1.29 is 9.18 Å². The molecule has 1 fully saturated rings. The Morgan fingerprint density at radius 1 is 1.19 bits per heavy atom. The van der Waals surface area contributed by atoms with Crippen molar-refractivity contribution in [2.24, 2.45) is 0 Å². The Bertz CT molecular complexity index is 634. The van der Waals surface area contributed by atoms with Crippen LogP contribution >= 0.6 is 0 Å². The number of carbonyl (C=O) groups is 1. The number of halogens is 1. The molecule has 0 unspecified atom stereocenters. The molecule has 0 N–H and O–H groups in total. The summed E-state index contributed by atoms with van der Waals surface area (Å²) >= 11 is 0. The number of aldehydes is 1. The molecule has 1 saturated heterocycles. The number of hydrogen-bond donors (Lipinski definition) is 0. The number of carbonyl (C=O) groups excluding carboxylic acids is 1. The zero-order valence-corrected chi connectivity index (χ0v) is 11.7. The van der Waals surface area contributed by atoms with E-state index in [1.807, 2.05) is 0 Å². The SMILES string of the molecule is O=Cc1nnn(CCN2CCCC2)c1-c1ccccc1F. The molecule has 0 radical (unpaired) electrons. The highest BCUT2D eigenvalue weighted by atomic mass is 19.1. The number of likely N-dealkylation sites (tertiary alicyclic amines) is 1. The lowest BCUT2D eigenvalue weighted by molar-refractivity contribution is 0.111. The van der Waals surface area contributed by atoms with Gasteiger partial charge in [0.05, 0.1) is 6.54 Å². The summed E-state index contributed by atoms with van der Waals surface area (Å²) in [5, 5.41) is 7.86. The fraction of sp³-hybridized carbons (Fsp3) is 0.400. The molecule has 110 valence electrons. The maximum absolute atomic E-state index is 14.0. The van der Waals surface area contributed by atoms with Crippen LogP contribution in [0, 0.1) is 5.82 Å². The topological polar surface area (TPSA) is 51.0 Å². The van der Waals surface area contributed by atoms with Crippen LogP contribution < -0.4 is 0 Å². The van der Waals surface area contributed by atoms with Gasteiger partial charge in [0.25, 0.3) is 0 Å². The van der Waals surface area contributed by atoms with E-state index in [0.29, 0.717) is 24.1 Å². The second-order valence-corrected chi connectivity index (χ2v) is 5.19. The lowest BCUT2D eigenvalue weighted by Crippen LogP contribution is -2.24. The first-order chi connectivity index (χ1) is 10.3. The first kappa shape index (κ1) is 13.9. The van der Waals surface area contributed by atoms with Crippen LogP contribution in [0.3, 0.4) is 0 Å². The van der Waals surface area contributed by atoms with Gasteiger partial charge in [-0.3, -0.25) is 4.79 Å². The fourth-order valence-corrected chi connectivity index (χ4v) is 2.74. The maximum Gasteiger partial charge on any atom is 0.172 e. The highest BCUT2D eigenvalue weighted by Crippen LogP contribution is 2.24. The van der Waals surface area contributed by atoms with E-state index in [1.54, 1.807) is 22.9 Å². The number of aromatic nitrogens is 3. The molecule has 1 aromatic carbocycles. The Kier molecular flexibility index (Phi) is 4.06. The summed E-state index contributed by atoms with van der Waals surface area (Å²) in [5.41, 5.74) is 1.01. The van der Waals surface area contributed by atoms with Gasteiger partial charge in [0.1, 0.15) is 11.5 Å². The maximum atomic E-state index is 14.0. The standard InChI is InChI=1S/C15H17FN4O/c16-13-6-2-1-5-12(13)15-14(11-21)17-18-20(15)10-9-19-7-3-4-8-19/h1-2,5-6,11H,3-4,7-10H2. The van der Waals surface area contributed by atoms with Crippen LogP contribution in [0.4, 0.5) is 4.39 Å². The number of rotatable bonds is 5. The predicted octanol–water partition coefficient (Wildman–Crippen LogP) is 1.99. The van der Waals surface area contributed by atoms with Crippen LogP contribution in [0.15, 0.2) is 24.3 Å². The normalized spacial score (nSPS) is 15.5. The second-order valence-electron chi connectivity index (χ2n) is 5.19. The summed E-state index contributed by atoms with van der Waals surface area (Å²) in [6.45, 7) is 3.61. The molecule has 0 bridgehead atoms. The third-order valence-electron chi connectivity index (χ3n) is 3.83. The van der Waals surface area contributed by atoms with Crippen molar-refractivity contribution in [3.05, 3.63) is 35.8 Å². The molecule has 1 aliphatic rings. The van der Waals surface area contributed by atoms with E-state index < -0.39 is 0 Å². The third kappa shape index (κ3) is 2.85. The van der Waals surface area contributed by atoms with Gasteiger partial charge in [-0.2, -0.15) is 0 Å². The summed E-state index contributed by atoms with van der Waals surface area (Å²) in [7, 11) is 0. The highest BCUT2D eigenvalue weighted by molar-refractivity contribution is 5.83. The quantitative estimate of drug-likeness (QED) is 0.790. The van der Waals surface area contributed by atoms with E-state index >= 15 is 0 Å². The molecule has 0 aliphatic carbocycles. The summed E-state index contributed by atoms with van der Waals surface area (Å²) in [6.07, 6.45) is 3.06. The van der Waals surface area contributed by atoms with Gasteiger partial charge in [-0.1, -0.05) is 17.3 Å². The van der Waals surface area contributed by atoms with Crippen molar-refractivity contribution >= 4 is 6.29 Å². The number of hydrogen-bond acceptors (Lipinski definition) is 4. The summed E-state index contributed by atoms with van der Waals surface area (Å²) in [6, 6.07) is 6.39. The van der Waals surface area contributed by atoms with Gasteiger partial charge >= 0.3 is 0 Å². The van der Waals surface area contributed by atoms with Crippen LogP contribution in [0.2, 0.25) is 0 Å². The van der Waals surface area contributed by atoms with E-state index in [1.165, 1.54) is 18.9 Å². The molecule has 6 heteroatoms. The fourth-order valence-electron chi connectivity index (χ4n) is 2.74. The van der Waals surface area contributed by atoms with E-state index in [-0.39, 0.29) is 11.5 Å². The first-order valence-corrected chi connectivity index (χ1v) is 7.15. The molecular weight excluding hydrogens is 271 g/mol. The van der Waals surface area contributed by atoms with Gasteiger partial charge in [0.2, 0.25) is 0 Å². The van der Waals surface area contributed by atoms with Gasteiger partial charge in [-0.15, -0.1) is 5.10 Å². The molecule has 1 aliphatic heterocycles. The van der Waals surface area contributed by atoms with Gasteiger partial charge in [-0.05, 0) is 38.1 Å². The van der Waals surface area contributed by atoms with Crippen LogP contribution in [0.25, 0.3) is 11.3 Å². The largest absolute Gasteiger partial charge is 0.301 e. The molecule has 0 saturated carbocycles. The minimum Gasteiger partial charge on any atom is -0.301 e. The van der Waals surface area contributed by atoms with Crippen LogP contribution in [0.5, 0.6) is 0 Å². The van der Waals surface area contributed by atoms with Crippen molar-refractivity contribution in [2.45, 2.75) is 19.4 Å². The van der Waals surface area contributed by atoms with Gasteiger partial charge in [0, 0.05) is 12.1 Å². The van der Waals surface area contributed by atoms with Crippen molar-refractivity contribution in [1.82, 2.24) is 19.9 Å². The highest BCUT2D eigenvalue weighted by Gasteiger charge is 2.18. The molecule has 21 heavy (non-hydrogen) atoms. The van der Waals surface area contributed by atoms with Gasteiger partial charge in [0.15, 0.2) is 12.0 Å². The van der Waals surface area contributed by atoms with E-state index in [0.717, 1.165) is 19.6 Å². The van der Waals surface area contributed by atoms with Gasteiger partial charge < -0.3 is 4.90 Å². The van der Waals surface area contributed by atoms with Crippen molar-refractivity contribution in [1.29, 1.82) is 0 Å². The number of benzene rings is 1. The third-order valence-corrected chi connectivity index (χ3v) is 3.83. The molecule has 0 atom stereocenters. The van der Waals surface area contributed by atoms with E-state index in [9.17, 15) is 9.18 Å². The lowest BCUT2D eigenvalue weighted by atomic mass is 10.1. The Morgan fingerprint density at radius 3 is 2.67 bits per heavy atom. The van der Waals surface area contributed by atoms with Crippen LogP contribution in [-0.4, -0.2) is 45.8 Å². The molecule has 2 aromatic rings. The minimum atomic E-state index is -0.370. The summed E-state index contributed by atoms with van der Waals surface area (Å²) in [4.78, 5) is 13.5. The van der Waals surface area contributed by atoms with Crippen molar-refractivity contribution in [2.75, 3.05) is 19.6 Å². The first-order valence-electron chi connectivity index (χ1n) is 7.15. The van der Waals surface area contributed by atoms with Crippen molar-refractivity contribution in [3.63, 3.8) is 0 Å². The lowest BCUT2D eigenvalue weighted by Gasteiger charge is -2.15. The monoisotopic (exact) mass is 288 g/mol. The second kappa shape index (κ2) is 6.13. The number of nitrogens with zero attached hydrogens (tertiary/aromatic N) is 4. The molecule has 0 amide bonds. The summed E-state index contributed by atoms with van der Waals surface area (Å²) in [5.74, 6) is -0.370. The molecule has 2 heterocycles. The van der Waals surface area contributed by atoms with Crippen molar-refractivity contribution in [3.8, 4) is 11.3 Å². The molecule has 3 rings (SSSR count). The predicted molar refractivity (Wildman–Crippen MR) is 76.5 cm³/mol.